The number of guanidine groups is 1. The molecule has 0 bridgehead atoms. The summed E-state index contributed by atoms with van der Waals surface area (Å²) in [5.74, 6) is 1.93. The van der Waals surface area contributed by atoms with E-state index in [2.05, 4.69) is 20.5 Å². The van der Waals surface area contributed by atoms with Gasteiger partial charge in [-0.05, 0) is 18.8 Å². The molecule has 0 spiro atoms. The lowest BCUT2D eigenvalue weighted by atomic mass is 10.0. The molecule has 5 nitrogen and oxygen atoms in total. The van der Waals surface area contributed by atoms with Crippen molar-refractivity contribution >= 4 is 29.9 Å². The highest BCUT2D eigenvalue weighted by molar-refractivity contribution is 14.0. The summed E-state index contributed by atoms with van der Waals surface area (Å²) < 4.78 is 5.36. The maximum atomic E-state index is 5.36. The first-order valence-electron chi connectivity index (χ1n) is 8.63. The van der Waals surface area contributed by atoms with Crippen molar-refractivity contribution in [1.29, 1.82) is 0 Å². The molecule has 6 heteroatoms. The third-order valence-corrected chi connectivity index (χ3v) is 4.60. The van der Waals surface area contributed by atoms with Crippen molar-refractivity contribution in [2.24, 2.45) is 10.9 Å². The van der Waals surface area contributed by atoms with Crippen LogP contribution in [0.4, 0.5) is 0 Å². The van der Waals surface area contributed by atoms with Crippen molar-refractivity contribution in [2.75, 3.05) is 53.0 Å². The van der Waals surface area contributed by atoms with Gasteiger partial charge < -0.3 is 15.4 Å². The van der Waals surface area contributed by atoms with Gasteiger partial charge in [-0.15, -0.1) is 24.0 Å². The summed E-state index contributed by atoms with van der Waals surface area (Å²) >= 11 is 0. The Morgan fingerprint density at radius 2 is 1.82 bits per heavy atom. The van der Waals surface area contributed by atoms with E-state index in [0.717, 1.165) is 57.8 Å². The van der Waals surface area contributed by atoms with E-state index < -0.39 is 0 Å². The summed E-state index contributed by atoms with van der Waals surface area (Å²) in [5.41, 5.74) is 0. The quantitative estimate of drug-likeness (QED) is 0.284. The number of hydrogen-bond acceptors (Lipinski definition) is 3. The highest BCUT2D eigenvalue weighted by Gasteiger charge is 2.14. The van der Waals surface area contributed by atoms with Crippen LogP contribution in [-0.4, -0.2) is 63.8 Å². The second-order valence-corrected chi connectivity index (χ2v) is 6.17. The monoisotopic (exact) mass is 424 g/mol. The molecule has 2 rings (SSSR count). The first-order valence-corrected chi connectivity index (χ1v) is 8.63. The molecule has 1 saturated heterocycles. The predicted molar refractivity (Wildman–Crippen MR) is 103 cm³/mol. The number of ether oxygens (including phenoxy) is 1. The van der Waals surface area contributed by atoms with Crippen LogP contribution >= 0.6 is 24.0 Å². The van der Waals surface area contributed by atoms with E-state index in [4.69, 9.17) is 4.74 Å². The zero-order chi connectivity index (χ0) is 14.8. The molecule has 1 saturated carbocycles. The molecule has 22 heavy (non-hydrogen) atoms. The Morgan fingerprint density at radius 3 is 2.50 bits per heavy atom. The SMILES string of the molecule is CN=C(NCCCC1CCCC1)NCCN1CCOCC1.I. The van der Waals surface area contributed by atoms with Crippen molar-refractivity contribution in [2.45, 2.75) is 38.5 Å². The van der Waals surface area contributed by atoms with Gasteiger partial charge in [0.05, 0.1) is 13.2 Å². The number of halogens is 1. The van der Waals surface area contributed by atoms with E-state index in [-0.39, 0.29) is 24.0 Å². The van der Waals surface area contributed by atoms with Crippen LogP contribution in [-0.2, 0) is 4.74 Å². The Morgan fingerprint density at radius 1 is 1.14 bits per heavy atom. The fourth-order valence-electron chi connectivity index (χ4n) is 3.27. The van der Waals surface area contributed by atoms with E-state index in [9.17, 15) is 0 Å². The molecule has 2 aliphatic rings. The van der Waals surface area contributed by atoms with E-state index in [1.165, 1.54) is 38.5 Å². The molecule has 2 fully saturated rings. The van der Waals surface area contributed by atoms with Crippen LogP contribution in [0.3, 0.4) is 0 Å². The van der Waals surface area contributed by atoms with Gasteiger partial charge in [-0.1, -0.05) is 25.7 Å². The number of aliphatic imine (C=N–C) groups is 1. The summed E-state index contributed by atoms with van der Waals surface area (Å²) in [4.78, 5) is 6.73. The summed E-state index contributed by atoms with van der Waals surface area (Å²) in [6.45, 7) is 6.88. The molecule has 1 aliphatic carbocycles. The van der Waals surface area contributed by atoms with E-state index in [1.807, 2.05) is 7.05 Å². The van der Waals surface area contributed by atoms with Gasteiger partial charge in [-0.25, -0.2) is 0 Å². The summed E-state index contributed by atoms with van der Waals surface area (Å²) in [7, 11) is 1.85. The van der Waals surface area contributed by atoms with Crippen molar-refractivity contribution < 1.29 is 4.74 Å². The predicted octanol–water partition coefficient (Wildman–Crippen LogP) is 2.07. The van der Waals surface area contributed by atoms with Crippen LogP contribution in [0.25, 0.3) is 0 Å². The molecule has 1 aliphatic heterocycles. The van der Waals surface area contributed by atoms with Gasteiger partial charge in [0.1, 0.15) is 0 Å². The van der Waals surface area contributed by atoms with Crippen LogP contribution < -0.4 is 10.6 Å². The third-order valence-electron chi connectivity index (χ3n) is 4.60. The van der Waals surface area contributed by atoms with Crippen LogP contribution in [0, 0.1) is 5.92 Å². The minimum absolute atomic E-state index is 0. The Bertz CT molecular complexity index is 303. The van der Waals surface area contributed by atoms with Crippen molar-refractivity contribution in [3.8, 4) is 0 Å². The van der Waals surface area contributed by atoms with Crippen molar-refractivity contribution in [3.63, 3.8) is 0 Å². The molecule has 0 aromatic carbocycles. The van der Waals surface area contributed by atoms with Gasteiger partial charge in [0.25, 0.3) is 0 Å². The zero-order valence-electron chi connectivity index (χ0n) is 14.0. The van der Waals surface area contributed by atoms with Gasteiger partial charge in [0, 0.05) is 39.8 Å². The molecule has 0 unspecified atom stereocenters. The number of nitrogens with one attached hydrogen (secondary N) is 2. The molecule has 1 heterocycles. The topological polar surface area (TPSA) is 48.9 Å². The zero-order valence-corrected chi connectivity index (χ0v) is 16.3. The normalized spacial score (nSPS) is 20.7. The van der Waals surface area contributed by atoms with Gasteiger partial charge in [-0.2, -0.15) is 0 Å². The minimum Gasteiger partial charge on any atom is -0.379 e. The Labute approximate surface area is 152 Å². The van der Waals surface area contributed by atoms with Gasteiger partial charge in [0.15, 0.2) is 5.96 Å². The molecule has 0 amide bonds. The second kappa shape index (κ2) is 12.4. The number of hydrogen-bond donors (Lipinski definition) is 2. The van der Waals surface area contributed by atoms with Crippen LogP contribution in [0.1, 0.15) is 38.5 Å². The largest absolute Gasteiger partial charge is 0.379 e. The average Bonchev–Trinajstić information content (AvgIpc) is 3.04. The first kappa shape index (κ1) is 20.0. The van der Waals surface area contributed by atoms with Crippen molar-refractivity contribution in [3.05, 3.63) is 0 Å². The van der Waals surface area contributed by atoms with Gasteiger partial charge in [-0.3, -0.25) is 9.89 Å². The fraction of sp³-hybridized carbons (Fsp3) is 0.938. The minimum atomic E-state index is 0. The summed E-state index contributed by atoms with van der Waals surface area (Å²) in [5, 5.41) is 6.83. The van der Waals surface area contributed by atoms with Crippen LogP contribution in [0.5, 0.6) is 0 Å². The lowest BCUT2D eigenvalue weighted by Crippen LogP contribution is -2.44. The molecule has 0 atom stereocenters. The summed E-state index contributed by atoms with van der Waals surface area (Å²) in [6.07, 6.45) is 8.43. The van der Waals surface area contributed by atoms with Crippen molar-refractivity contribution in [1.82, 2.24) is 15.5 Å². The smallest absolute Gasteiger partial charge is 0.191 e. The fourth-order valence-corrected chi connectivity index (χ4v) is 3.27. The highest BCUT2D eigenvalue weighted by atomic mass is 127. The lowest BCUT2D eigenvalue weighted by Gasteiger charge is -2.26. The number of rotatable bonds is 7. The Balaban J connectivity index is 0.00000242. The molecule has 130 valence electrons. The van der Waals surface area contributed by atoms with E-state index in [0.29, 0.717) is 0 Å². The lowest BCUT2D eigenvalue weighted by molar-refractivity contribution is 0.0389. The first-order chi connectivity index (χ1) is 10.4. The third kappa shape index (κ3) is 7.97. The molecular weight excluding hydrogens is 391 g/mol. The molecule has 0 radical (unpaired) electrons. The maximum Gasteiger partial charge on any atom is 0.191 e. The van der Waals surface area contributed by atoms with Crippen LogP contribution in [0.2, 0.25) is 0 Å². The molecule has 0 aromatic rings. The van der Waals surface area contributed by atoms with E-state index >= 15 is 0 Å². The highest BCUT2D eigenvalue weighted by Crippen LogP contribution is 2.28. The second-order valence-electron chi connectivity index (χ2n) is 6.17. The number of nitrogens with zero attached hydrogens (tertiary/aromatic N) is 2. The Kier molecular flexibility index (Phi) is 11.2. The van der Waals surface area contributed by atoms with Crippen LogP contribution in [0.15, 0.2) is 4.99 Å². The molecular formula is C16H33IN4O. The van der Waals surface area contributed by atoms with E-state index in [1.54, 1.807) is 0 Å². The number of morpholine rings is 1. The molecule has 0 aromatic heterocycles. The molecule has 2 N–H and O–H groups in total. The van der Waals surface area contributed by atoms with Gasteiger partial charge >= 0.3 is 0 Å². The average molecular weight is 424 g/mol. The van der Waals surface area contributed by atoms with Gasteiger partial charge in [0.2, 0.25) is 0 Å². The summed E-state index contributed by atoms with van der Waals surface area (Å²) in [6, 6.07) is 0. The maximum absolute atomic E-state index is 5.36. The standard InChI is InChI=1S/C16H32N4O.HI/c1-17-16(18-8-4-7-15-5-2-3-6-15)19-9-10-20-11-13-21-14-12-20;/h15H,2-14H2,1H3,(H2,17,18,19);1H. The Hall–Kier alpha value is -0.0800.